The van der Waals surface area contributed by atoms with Gasteiger partial charge in [0.15, 0.2) is 5.78 Å². The topological polar surface area (TPSA) is 63.1 Å². The van der Waals surface area contributed by atoms with Gasteiger partial charge >= 0.3 is 0 Å². The number of hydrogen-bond acceptors (Lipinski definition) is 4. The predicted molar refractivity (Wildman–Crippen MR) is 59.1 cm³/mol. The van der Waals surface area contributed by atoms with Crippen molar-refractivity contribution in [2.24, 2.45) is 0 Å². The predicted octanol–water partition coefficient (Wildman–Crippen LogP) is 2.05. The van der Waals surface area contributed by atoms with Crippen LogP contribution in [-0.2, 0) is 0 Å². The van der Waals surface area contributed by atoms with Crippen LogP contribution in [0.2, 0.25) is 0 Å². The summed E-state index contributed by atoms with van der Waals surface area (Å²) in [5.41, 5.74) is 1.93. The molecule has 4 nitrogen and oxygen atoms in total. The molecule has 0 saturated carbocycles. The molecule has 0 fully saturated rings. The molecule has 1 heterocycles. The zero-order valence-corrected chi connectivity index (χ0v) is 8.71. The Labute approximate surface area is 92.6 Å². The second kappa shape index (κ2) is 4.10. The molecular weight excluding hydrogens is 204 g/mol. The van der Waals surface area contributed by atoms with E-state index in [1.54, 1.807) is 24.5 Å². The van der Waals surface area contributed by atoms with Gasteiger partial charge < -0.3 is 5.11 Å². The molecule has 0 bridgehead atoms. The number of carbonyl (C=O) groups is 1. The number of aromatic nitrogens is 2. The average Bonchev–Trinajstić information content (AvgIpc) is 2.30. The molecule has 0 aliphatic carbocycles. The highest BCUT2D eigenvalue weighted by atomic mass is 16.3. The number of aromatic hydroxyl groups is 1. The van der Waals surface area contributed by atoms with Crippen LogP contribution in [0.3, 0.4) is 0 Å². The lowest BCUT2D eigenvalue weighted by Crippen LogP contribution is -1.93. The van der Waals surface area contributed by atoms with E-state index in [0.29, 0.717) is 5.56 Å². The summed E-state index contributed by atoms with van der Waals surface area (Å²) in [6.45, 7) is 1.42. The Morgan fingerprint density at radius 2 is 1.88 bits per heavy atom. The lowest BCUT2D eigenvalue weighted by atomic mass is 10.0. The number of phenolic OH excluding ortho intramolecular Hbond substituents is 1. The van der Waals surface area contributed by atoms with E-state index in [4.69, 9.17) is 0 Å². The first kappa shape index (κ1) is 10.3. The number of Topliss-reactive ketones (excluding diaryl/α,β-unsaturated/α-hetero) is 1. The molecule has 0 amide bonds. The van der Waals surface area contributed by atoms with E-state index >= 15 is 0 Å². The highest BCUT2D eigenvalue weighted by Crippen LogP contribution is 2.25. The van der Waals surface area contributed by atoms with Crippen molar-refractivity contribution in [3.05, 3.63) is 42.5 Å². The second-order valence-electron chi connectivity index (χ2n) is 3.42. The Morgan fingerprint density at radius 1 is 1.19 bits per heavy atom. The molecule has 16 heavy (non-hydrogen) atoms. The molecule has 0 saturated heterocycles. The summed E-state index contributed by atoms with van der Waals surface area (Å²) in [7, 11) is 0. The van der Waals surface area contributed by atoms with Gasteiger partial charge in [-0.15, -0.1) is 0 Å². The van der Waals surface area contributed by atoms with E-state index in [-0.39, 0.29) is 11.5 Å². The number of ketones is 1. The molecule has 0 aliphatic rings. The van der Waals surface area contributed by atoms with Gasteiger partial charge in [0.05, 0.1) is 5.56 Å². The lowest BCUT2D eigenvalue weighted by molar-refractivity contribution is 0.101. The lowest BCUT2D eigenvalue weighted by Gasteiger charge is -2.04. The van der Waals surface area contributed by atoms with Gasteiger partial charge in [-0.1, -0.05) is 6.07 Å². The van der Waals surface area contributed by atoms with Crippen LogP contribution in [-0.4, -0.2) is 20.9 Å². The van der Waals surface area contributed by atoms with Gasteiger partial charge in [-0.05, 0) is 24.6 Å². The molecule has 0 atom stereocenters. The Kier molecular flexibility index (Phi) is 2.64. The monoisotopic (exact) mass is 214 g/mol. The highest BCUT2D eigenvalue weighted by Gasteiger charge is 2.08. The number of hydrogen-bond donors (Lipinski definition) is 1. The number of nitrogens with zero attached hydrogens (tertiary/aromatic N) is 2. The summed E-state index contributed by atoms with van der Waals surface area (Å²) in [5.74, 6) is -0.177. The first-order valence-electron chi connectivity index (χ1n) is 4.78. The van der Waals surface area contributed by atoms with Crippen molar-refractivity contribution in [2.45, 2.75) is 6.92 Å². The maximum absolute atomic E-state index is 11.3. The molecule has 0 unspecified atom stereocenters. The number of benzene rings is 1. The minimum atomic E-state index is -0.170. The molecule has 0 aliphatic heterocycles. The third-order valence-corrected chi connectivity index (χ3v) is 2.27. The third kappa shape index (κ3) is 1.91. The number of phenols is 1. The van der Waals surface area contributed by atoms with Gasteiger partial charge in [0.25, 0.3) is 0 Å². The van der Waals surface area contributed by atoms with Crippen LogP contribution in [0, 0.1) is 0 Å². The van der Waals surface area contributed by atoms with Crippen LogP contribution in [0.25, 0.3) is 11.1 Å². The van der Waals surface area contributed by atoms with Crippen molar-refractivity contribution >= 4 is 5.78 Å². The normalized spacial score (nSPS) is 10.1. The second-order valence-corrected chi connectivity index (χ2v) is 3.42. The van der Waals surface area contributed by atoms with Crippen molar-refractivity contribution in [3.8, 4) is 16.9 Å². The maximum atomic E-state index is 11.3. The standard InChI is InChI=1S/C12H10N2O2/c1-8(15)11-4-9(2-3-12(11)16)10-5-13-7-14-6-10/h2-7,16H,1H3. The summed E-state index contributed by atoms with van der Waals surface area (Å²) < 4.78 is 0. The van der Waals surface area contributed by atoms with E-state index in [0.717, 1.165) is 11.1 Å². The third-order valence-electron chi connectivity index (χ3n) is 2.27. The quantitative estimate of drug-likeness (QED) is 0.777. The molecule has 4 heteroatoms. The molecule has 0 radical (unpaired) electrons. The van der Waals surface area contributed by atoms with Gasteiger partial charge in [-0.25, -0.2) is 9.97 Å². The summed E-state index contributed by atoms with van der Waals surface area (Å²) >= 11 is 0. The minimum Gasteiger partial charge on any atom is -0.507 e. The van der Waals surface area contributed by atoms with Crippen LogP contribution in [0.4, 0.5) is 0 Å². The molecule has 1 aromatic carbocycles. The smallest absolute Gasteiger partial charge is 0.163 e. The Hall–Kier alpha value is -2.23. The molecule has 2 rings (SSSR count). The zero-order valence-electron chi connectivity index (χ0n) is 8.71. The van der Waals surface area contributed by atoms with Gasteiger partial charge in [-0.3, -0.25) is 4.79 Å². The van der Waals surface area contributed by atoms with E-state index in [9.17, 15) is 9.90 Å². The maximum Gasteiger partial charge on any atom is 0.163 e. The van der Waals surface area contributed by atoms with Gasteiger partial charge in [-0.2, -0.15) is 0 Å². The fourth-order valence-corrected chi connectivity index (χ4v) is 1.45. The van der Waals surface area contributed by atoms with E-state index in [2.05, 4.69) is 9.97 Å². The SMILES string of the molecule is CC(=O)c1cc(-c2cncnc2)ccc1O. The fourth-order valence-electron chi connectivity index (χ4n) is 1.45. The molecule has 1 aromatic heterocycles. The molecule has 1 N–H and O–H groups in total. The molecular formula is C12H10N2O2. The van der Waals surface area contributed by atoms with Crippen molar-refractivity contribution in [1.82, 2.24) is 9.97 Å². The Bertz CT molecular complexity index is 524. The van der Waals surface area contributed by atoms with Crippen LogP contribution in [0.15, 0.2) is 36.9 Å². The van der Waals surface area contributed by atoms with Crippen molar-refractivity contribution in [3.63, 3.8) is 0 Å². The van der Waals surface area contributed by atoms with Gasteiger partial charge in [0, 0.05) is 18.0 Å². The van der Waals surface area contributed by atoms with Gasteiger partial charge in [0.2, 0.25) is 0 Å². The number of rotatable bonds is 2. The van der Waals surface area contributed by atoms with Crippen molar-refractivity contribution in [2.75, 3.05) is 0 Å². The van der Waals surface area contributed by atoms with E-state index < -0.39 is 0 Å². The molecule has 2 aromatic rings. The van der Waals surface area contributed by atoms with Crippen LogP contribution in [0.1, 0.15) is 17.3 Å². The Morgan fingerprint density at radius 3 is 2.50 bits per heavy atom. The van der Waals surface area contributed by atoms with Crippen LogP contribution in [0.5, 0.6) is 5.75 Å². The first-order valence-corrected chi connectivity index (χ1v) is 4.78. The highest BCUT2D eigenvalue weighted by molar-refractivity contribution is 5.97. The molecule has 0 spiro atoms. The van der Waals surface area contributed by atoms with Crippen molar-refractivity contribution < 1.29 is 9.90 Å². The zero-order chi connectivity index (χ0) is 11.5. The summed E-state index contributed by atoms with van der Waals surface area (Å²) in [5, 5.41) is 9.50. The number of carbonyl (C=O) groups excluding carboxylic acids is 1. The van der Waals surface area contributed by atoms with E-state index in [1.807, 2.05) is 0 Å². The first-order chi connectivity index (χ1) is 7.68. The Balaban J connectivity index is 2.52. The largest absolute Gasteiger partial charge is 0.507 e. The minimum absolute atomic E-state index is 0.00639. The van der Waals surface area contributed by atoms with Crippen molar-refractivity contribution in [1.29, 1.82) is 0 Å². The van der Waals surface area contributed by atoms with Crippen LogP contribution >= 0.6 is 0 Å². The fraction of sp³-hybridized carbons (Fsp3) is 0.0833. The molecule has 80 valence electrons. The average molecular weight is 214 g/mol. The van der Waals surface area contributed by atoms with Crippen LogP contribution < -0.4 is 0 Å². The van der Waals surface area contributed by atoms with E-state index in [1.165, 1.54) is 19.3 Å². The summed E-state index contributed by atoms with van der Waals surface area (Å²) in [4.78, 5) is 19.1. The van der Waals surface area contributed by atoms with Gasteiger partial charge in [0.1, 0.15) is 12.1 Å². The summed E-state index contributed by atoms with van der Waals surface area (Å²) in [6, 6.07) is 4.86. The summed E-state index contributed by atoms with van der Waals surface area (Å²) in [6.07, 6.45) is 4.75.